The van der Waals surface area contributed by atoms with Gasteiger partial charge in [0.1, 0.15) is 0 Å². The van der Waals surface area contributed by atoms with Crippen molar-refractivity contribution in [2.75, 3.05) is 7.11 Å². The third kappa shape index (κ3) is 2.95. The summed E-state index contributed by atoms with van der Waals surface area (Å²) in [5, 5.41) is 12.3. The predicted molar refractivity (Wildman–Crippen MR) is 89.9 cm³/mol. The molecule has 0 saturated carbocycles. The van der Waals surface area contributed by atoms with Crippen molar-refractivity contribution in [2.45, 2.75) is 32.1 Å². The number of allylic oxidation sites excluding steroid dienone is 3. The quantitative estimate of drug-likeness (QED) is 0.821. The molecule has 0 bridgehead atoms. The number of benzene rings is 1. The summed E-state index contributed by atoms with van der Waals surface area (Å²) in [6.07, 6.45) is 1.96. The fourth-order valence-electron chi connectivity index (χ4n) is 3.52. The van der Waals surface area contributed by atoms with Crippen molar-refractivity contribution < 1.29 is 24.2 Å². The number of nitrogens with one attached hydrogen (secondary N) is 1. The summed E-state index contributed by atoms with van der Waals surface area (Å²) in [5.41, 5.74) is 3.33. The largest absolute Gasteiger partial charge is 0.478 e. The number of carboxylic acid groups (broad SMARTS) is 1. The average molecular weight is 341 g/mol. The summed E-state index contributed by atoms with van der Waals surface area (Å²) < 4.78 is 4.92. The van der Waals surface area contributed by atoms with E-state index < -0.39 is 17.9 Å². The molecule has 1 aromatic carbocycles. The number of Topliss-reactive ketones (excluding diaryl/α,β-unsaturated/α-hetero) is 1. The molecule has 0 aromatic heterocycles. The van der Waals surface area contributed by atoms with Gasteiger partial charge in [0.2, 0.25) is 0 Å². The van der Waals surface area contributed by atoms with Gasteiger partial charge in [-0.2, -0.15) is 0 Å². The van der Waals surface area contributed by atoms with E-state index in [0.29, 0.717) is 28.8 Å². The van der Waals surface area contributed by atoms with Crippen LogP contribution in [0, 0.1) is 0 Å². The van der Waals surface area contributed by atoms with Crippen molar-refractivity contribution >= 4 is 17.7 Å². The minimum absolute atomic E-state index is 0.00923. The molecule has 6 heteroatoms. The van der Waals surface area contributed by atoms with Gasteiger partial charge < -0.3 is 15.2 Å². The van der Waals surface area contributed by atoms with Crippen LogP contribution in [0.5, 0.6) is 0 Å². The number of carboxylic acids is 1. The van der Waals surface area contributed by atoms with Crippen molar-refractivity contribution in [3.8, 4) is 0 Å². The summed E-state index contributed by atoms with van der Waals surface area (Å²) in [6, 6.07) is 6.28. The molecule has 2 aliphatic rings. The SMILES string of the molecule is COC(=O)C1=C(C)NC2=C(C(=O)CCC2)[C@H]1c1ccc(C(=O)O)cc1. The van der Waals surface area contributed by atoms with E-state index in [9.17, 15) is 14.4 Å². The molecule has 0 fully saturated rings. The van der Waals surface area contributed by atoms with Gasteiger partial charge in [-0.25, -0.2) is 9.59 Å². The Morgan fingerprint density at radius 1 is 1.20 bits per heavy atom. The fourth-order valence-corrected chi connectivity index (χ4v) is 3.52. The first-order chi connectivity index (χ1) is 11.9. The highest BCUT2D eigenvalue weighted by molar-refractivity contribution is 6.03. The van der Waals surface area contributed by atoms with Crippen molar-refractivity contribution in [2.24, 2.45) is 0 Å². The molecule has 1 atom stereocenters. The fraction of sp³-hybridized carbons (Fsp3) is 0.316. The summed E-state index contributed by atoms with van der Waals surface area (Å²) >= 11 is 0. The van der Waals surface area contributed by atoms with Crippen LogP contribution >= 0.6 is 0 Å². The van der Waals surface area contributed by atoms with Gasteiger partial charge in [-0.3, -0.25) is 4.79 Å². The van der Waals surface area contributed by atoms with Crippen LogP contribution in [0.3, 0.4) is 0 Å². The second-order valence-corrected chi connectivity index (χ2v) is 6.18. The molecule has 0 spiro atoms. The third-order valence-electron chi connectivity index (χ3n) is 4.67. The highest BCUT2D eigenvalue weighted by Crippen LogP contribution is 2.42. The standard InChI is InChI=1S/C19H19NO5/c1-10-15(19(24)25-2)16(11-6-8-12(9-7-11)18(22)23)17-13(20-10)4-3-5-14(17)21/h6-9,16,20H,3-5H2,1-2H3,(H,22,23)/t16-/m0/s1. The van der Waals surface area contributed by atoms with Crippen LogP contribution in [-0.2, 0) is 14.3 Å². The normalized spacial score (nSPS) is 20.1. The number of dihydropyridines is 1. The monoisotopic (exact) mass is 341 g/mol. The van der Waals surface area contributed by atoms with Crippen LogP contribution in [0.1, 0.15) is 48.0 Å². The molecule has 0 amide bonds. The van der Waals surface area contributed by atoms with Gasteiger partial charge in [-0.15, -0.1) is 0 Å². The number of rotatable bonds is 3. The van der Waals surface area contributed by atoms with E-state index in [0.717, 1.165) is 18.5 Å². The van der Waals surface area contributed by atoms with Crippen LogP contribution < -0.4 is 5.32 Å². The number of carbonyl (C=O) groups excluding carboxylic acids is 2. The maximum atomic E-state index is 12.6. The van der Waals surface area contributed by atoms with Gasteiger partial charge >= 0.3 is 11.9 Å². The van der Waals surface area contributed by atoms with Crippen molar-refractivity contribution in [3.05, 3.63) is 57.9 Å². The molecule has 1 aromatic rings. The van der Waals surface area contributed by atoms with E-state index in [1.165, 1.54) is 19.2 Å². The van der Waals surface area contributed by atoms with E-state index in [1.54, 1.807) is 19.1 Å². The number of hydrogen-bond donors (Lipinski definition) is 2. The highest BCUT2D eigenvalue weighted by atomic mass is 16.5. The third-order valence-corrected chi connectivity index (χ3v) is 4.67. The van der Waals surface area contributed by atoms with Crippen LogP contribution in [0.2, 0.25) is 0 Å². The first-order valence-corrected chi connectivity index (χ1v) is 8.09. The lowest BCUT2D eigenvalue weighted by atomic mass is 9.75. The molecule has 0 radical (unpaired) electrons. The molecule has 6 nitrogen and oxygen atoms in total. The molecule has 1 aliphatic carbocycles. The minimum Gasteiger partial charge on any atom is -0.478 e. The lowest BCUT2D eigenvalue weighted by molar-refractivity contribution is -0.136. The number of ether oxygens (including phenoxy) is 1. The maximum absolute atomic E-state index is 12.6. The molecular formula is C19H19NO5. The Morgan fingerprint density at radius 2 is 1.88 bits per heavy atom. The second kappa shape index (κ2) is 6.55. The lowest BCUT2D eigenvalue weighted by Crippen LogP contribution is -2.34. The van der Waals surface area contributed by atoms with Crippen molar-refractivity contribution in [3.63, 3.8) is 0 Å². The number of methoxy groups -OCH3 is 1. The van der Waals surface area contributed by atoms with E-state index in [1.807, 2.05) is 0 Å². The second-order valence-electron chi connectivity index (χ2n) is 6.18. The lowest BCUT2D eigenvalue weighted by Gasteiger charge is -2.34. The summed E-state index contributed by atoms with van der Waals surface area (Å²) in [6.45, 7) is 1.79. The zero-order chi connectivity index (χ0) is 18.1. The van der Waals surface area contributed by atoms with Crippen molar-refractivity contribution in [1.82, 2.24) is 5.32 Å². The van der Waals surface area contributed by atoms with E-state index >= 15 is 0 Å². The zero-order valence-electron chi connectivity index (χ0n) is 14.1. The number of esters is 1. The van der Waals surface area contributed by atoms with Gasteiger partial charge in [-0.1, -0.05) is 12.1 Å². The predicted octanol–water partition coefficient (Wildman–Crippen LogP) is 2.53. The smallest absolute Gasteiger partial charge is 0.336 e. The maximum Gasteiger partial charge on any atom is 0.336 e. The first kappa shape index (κ1) is 17.0. The Labute approximate surface area is 145 Å². The molecule has 25 heavy (non-hydrogen) atoms. The van der Waals surface area contributed by atoms with E-state index in [2.05, 4.69) is 5.32 Å². The topological polar surface area (TPSA) is 92.7 Å². The summed E-state index contributed by atoms with van der Waals surface area (Å²) in [5.74, 6) is -2.05. The van der Waals surface area contributed by atoms with Crippen LogP contribution in [0.15, 0.2) is 46.8 Å². The van der Waals surface area contributed by atoms with Gasteiger partial charge in [0.15, 0.2) is 5.78 Å². The molecule has 2 N–H and O–H groups in total. The van der Waals surface area contributed by atoms with Crippen LogP contribution in [-0.4, -0.2) is 29.9 Å². The van der Waals surface area contributed by atoms with E-state index in [4.69, 9.17) is 9.84 Å². The number of ketones is 1. The Balaban J connectivity index is 2.15. The highest BCUT2D eigenvalue weighted by Gasteiger charge is 2.38. The Morgan fingerprint density at radius 3 is 2.48 bits per heavy atom. The Hall–Kier alpha value is -2.89. The van der Waals surface area contributed by atoms with Gasteiger partial charge in [-0.05, 0) is 37.5 Å². The van der Waals surface area contributed by atoms with E-state index in [-0.39, 0.29) is 11.3 Å². The zero-order valence-corrected chi connectivity index (χ0v) is 14.1. The molecule has 0 saturated heterocycles. The first-order valence-electron chi connectivity index (χ1n) is 8.09. The van der Waals surface area contributed by atoms with Crippen LogP contribution in [0.4, 0.5) is 0 Å². The number of hydrogen-bond acceptors (Lipinski definition) is 5. The number of carbonyl (C=O) groups is 3. The molecule has 130 valence electrons. The number of aromatic carboxylic acids is 1. The van der Waals surface area contributed by atoms with Gasteiger partial charge in [0.25, 0.3) is 0 Å². The average Bonchev–Trinajstić information content (AvgIpc) is 2.60. The molecule has 1 heterocycles. The summed E-state index contributed by atoms with van der Waals surface area (Å²) in [7, 11) is 1.31. The molecule has 3 rings (SSSR count). The Kier molecular flexibility index (Phi) is 4.44. The molecule has 0 unspecified atom stereocenters. The summed E-state index contributed by atoms with van der Waals surface area (Å²) in [4.78, 5) is 36.0. The van der Waals surface area contributed by atoms with Crippen LogP contribution in [0.25, 0.3) is 0 Å². The Bertz CT molecular complexity index is 817. The van der Waals surface area contributed by atoms with Crippen molar-refractivity contribution in [1.29, 1.82) is 0 Å². The minimum atomic E-state index is -1.02. The molecule has 1 aliphatic heterocycles. The molecular weight excluding hydrogens is 322 g/mol. The van der Waals surface area contributed by atoms with Gasteiger partial charge in [0, 0.05) is 29.3 Å². The van der Waals surface area contributed by atoms with Gasteiger partial charge in [0.05, 0.1) is 18.2 Å².